The lowest BCUT2D eigenvalue weighted by molar-refractivity contribution is 1.19. The van der Waals surface area contributed by atoms with E-state index in [-0.39, 0.29) is 0 Å². The van der Waals surface area contributed by atoms with E-state index in [1.807, 2.05) is 152 Å². The van der Waals surface area contributed by atoms with Crippen LogP contribution in [0, 0.1) is 26.3 Å². The van der Waals surface area contributed by atoms with Gasteiger partial charge in [-0.25, -0.2) is 29.3 Å². The van der Waals surface area contributed by atoms with Crippen molar-refractivity contribution in [3.63, 3.8) is 0 Å². The van der Waals surface area contributed by atoms with E-state index in [4.69, 9.17) is 36.3 Å². The lowest BCUT2D eigenvalue weighted by Crippen LogP contribution is -2.09. The highest BCUT2D eigenvalue weighted by molar-refractivity contribution is 6.13. The average molecular weight is 984 g/mol. The minimum absolute atomic E-state index is 0.331. The highest BCUT2D eigenvalue weighted by atomic mass is 15.2. The van der Waals surface area contributed by atoms with Gasteiger partial charge in [-0.3, -0.25) is 0 Å². The summed E-state index contributed by atoms with van der Waals surface area (Å²) in [7, 11) is 0. The summed E-state index contributed by atoms with van der Waals surface area (Å²) < 4.78 is 2.08. The molecule has 12 rings (SSSR count). The minimum Gasteiger partial charge on any atom is -0.329 e. The van der Waals surface area contributed by atoms with Crippen molar-refractivity contribution in [1.29, 1.82) is 0 Å². The molecule has 12 aromatic rings. The summed E-state index contributed by atoms with van der Waals surface area (Å²) in [5.41, 5.74) is 14.4. The first-order chi connectivity index (χ1) is 38.0. The number of fused-ring (bicyclic) bond motifs is 3. The molecule has 0 aliphatic rings. The summed E-state index contributed by atoms with van der Waals surface area (Å²) in [5.74, 6) is 0.374. The van der Waals surface area contributed by atoms with Crippen LogP contribution in [0.15, 0.2) is 249 Å². The number of anilines is 6. The van der Waals surface area contributed by atoms with E-state index in [9.17, 15) is 0 Å². The lowest BCUT2D eigenvalue weighted by atomic mass is 9.99. The molecule has 2 aromatic heterocycles. The van der Waals surface area contributed by atoms with Crippen LogP contribution in [0.5, 0.6) is 0 Å². The summed E-state index contributed by atoms with van der Waals surface area (Å²) >= 11 is 0. The maximum absolute atomic E-state index is 8.73. The van der Waals surface area contributed by atoms with Crippen LogP contribution < -0.4 is 9.80 Å². The topological polar surface area (TPSA) is 54.6 Å². The molecule has 0 unspecified atom stereocenters. The summed E-state index contributed by atoms with van der Waals surface area (Å²) in [4.78, 5) is 30.2. The van der Waals surface area contributed by atoms with Gasteiger partial charge in [0.2, 0.25) is 11.4 Å². The van der Waals surface area contributed by atoms with Gasteiger partial charge in [0.1, 0.15) is 5.82 Å². The van der Waals surface area contributed by atoms with Crippen molar-refractivity contribution < 1.29 is 0 Å². The molecule has 0 saturated heterocycles. The van der Waals surface area contributed by atoms with Gasteiger partial charge in [-0.05, 0) is 114 Å². The van der Waals surface area contributed by atoms with Crippen LogP contribution in [0.1, 0.15) is 0 Å². The Balaban J connectivity index is 1.01. The van der Waals surface area contributed by atoms with E-state index >= 15 is 0 Å². The highest BCUT2D eigenvalue weighted by Crippen LogP contribution is 2.47. The van der Waals surface area contributed by atoms with Gasteiger partial charge >= 0.3 is 0 Å². The first kappa shape index (κ1) is 46.7. The van der Waals surface area contributed by atoms with Gasteiger partial charge in [-0.2, -0.15) is 0 Å². The maximum atomic E-state index is 8.73. The standard InChI is InChI=1S/C68H41N9/c1-69-59-31-19-17-29-55(59)62-45-61(73-68(74-62)56-30-18-20-32-60(56)70-2)47-35-33-46(34-36-47)48-41-63(71-3)67(64(42-48)72-4)77-65-39-37-53(75(49-21-9-5-10-22-49)50-23-11-6-12-24-50)43-57(65)58-44-54(38-40-66(58)77)76(51-25-13-7-14-26-51)52-27-15-8-16-28-52/h5-45H. The molecule has 0 fully saturated rings. The van der Waals surface area contributed by atoms with E-state index in [1.165, 1.54) is 0 Å². The van der Waals surface area contributed by atoms with Crippen molar-refractivity contribution in [3.8, 4) is 50.7 Å². The van der Waals surface area contributed by atoms with Gasteiger partial charge in [-0.1, -0.05) is 146 Å². The highest BCUT2D eigenvalue weighted by Gasteiger charge is 2.24. The van der Waals surface area contributed by atoms with E-state index in [1.54, 1.807) is 12.1 Å². The largest absolute Gasteiger partial charge is 0.329 e. The molecule has 0 spiro atoms. The fourth-order valence-electron chi connectivity index (χ4n) is 10.1. The number of aromatic nitrogens is 3. The smallest absolute Gasteiger partial charge is 0.200 e. The third kappa shape index (κ3) is 8.71. The fraction of sp³-hybridized carbons (Fsp3) is 0. The summed E-state index contributed by atoms with van der Waals surface area (Å²) in [5, 5.41) is 1.91. The van der Waals surface area contributed by atoms with Crippen LogP contribution in [0.4, 0.5) is 56.9 Å². The zero-order valence-electron chi connectivity index (χ0n) is 41.2. The SMILES string of the molecule is [C-]#[N+]c1ccccc1-c1cc(-c2ccc(-c3cc([N+]#[C-])c(-n4c5ccc(N(c6ccccc6)c6ccccc6)cc5c5cc(N(c6ccccc6)c6ccccc6)ccc54)c([N+]#[C-])c3)cc2)nc(-c2ccccc2[N+]#[C-])n1. The van der Waals surface area contributed by atoms with Gasteiger partial charge in [0.25, 0.3) is 0 Å². The van der Waals surface area contributed by atoms with Crippen LogP contribution in [-0.2, 0) is 0 Å². The van der Waals surface area contributed by atoms with Crippen LogP contribution in [0.2, 0.25) is 0 Å². The van der Waals surface area contributed by atoms with Crippen LogP contribution in [-0.4, -0.2) is 14.5 Å². The minimum atomic E-state index is 0.331. The molecule has 2 heterocycles. The molecule has 77 heavy (non-hydrogen) atoms. The molecular weight excluding hydrogens is 943 g/mol. The van der Waals surface area contributed by atoms with Gasteiger partial charge in [-0.15, -0.1) is 0 Å². The Kier molecular flexibility index (Phi) is 12.3. The Morgan fingerprint density at radius 2 is 0.701 bits per heavy atom. The van der Waals surface area contributed by atoms with Crippen molar-refractivity contribution in [3.05, 3.63) is 294 Å². The Bertz CT molecular complexity index is 4040. The zero-order chi connectivity index (χ0) is 52.2. The van der Waals surface area contributed by atoms with Crippen molar-refractivity contribution in [1.82, 2.24) is 14.5 Å². The number of hydrogen-bond donors (Lipinski definition) is 0. The predicted molar refractivity (Wildman–Crippen MR) is 313 cm³/mol. The predicted octanol–water partition coefficient (Wildman–Crippen LogP) is 19.4. The second-order valence-corrected chi connectivity index (χ2v) is 18.1. The van der Waals surface area contributed by atoms with Gasteiger partial charge < -0.3 is 14.4 Å². The molecule has 0 bridgehead atoms. The Hall–Kier alpha value is -11.4. The number of hydrogen-bond acceptors (Lipinski definition) is 4. The molecule has 0 N–H and O–H groups in total. The molecule has 0 saturated carbocycles. The van der Waals surface area contributed by atoms with E-state index < -0.39 is 0 Å². The molecule has 0 radical (unpaired) electrons. The van der Waals surface area contributed by atoms with Crippen molar-refractivity contribution in [2.75, 3.05) is 9.80 Å². The fourth-order valence-corrected chi connectivity index (χ4v) is 10.1. The lowest BCUT2D eigenvalue weighted by Gasteiger charge is -2.26. The van der Waals surface area contributed by atoms with Crippen LogP contribution >= 0.6 is 0 Å². The van der Waals surface area contributed by atoms with Gasteiger partial charge in [0.05, 0.1) is 54.4 Å². The summed E-state index contributed by atoms with van der Waals surface area (Å²) in [6.07, 6.45) is 0. The maximum Gasteiger partial charge on any atom is 0.200 e. The number of benzene rings is 10. The van der Waals surface area contributed by atoms with Crippen molar-refractivity contribution >= 4 is 78.7 Å². The third-order valence-electron chi connectivity index (χ3n) is 13.6. The Morgan fingerprint density at radius 3 is 1.16 bits per heavy atom. The number of nitrogens with zero attached hydrogens (tertiary/aromatic N) is 9. The first-order valence-corrected chi connectivity index (χ1v) is 24.8. The third-order valence-corrected chi connectivity index (χ3v) is 13.6. The van der Waals surface area contributed by atoms with Gasteiger partial charge in [0, 0.05) is 61.6 Å². The van der Waals surface area contributed by atoms with Crippen LogP contribution in [0.3, 0.4) is 0 Å². The molecule has 9 heteroatoms. The van der Waals surface area contributed by atoms with Crippen LogP contribution in [0.25, 0.3) is 91.9 Å². The van der Waals surface area contributed by atoms with E-state index in [0.717, 1.165) is 67.1 Å². The zero-order valence-corrected chi connectivity index (χ0v) is 41.2. The Labute approximate surface area is 446 Å². The Morgan fingerprint density at radius 1 is 0.312 bits per heavy atom. The summed E-state index contributed by atoms with van der Waals surface area (Å²) in [6, 6.07) is 82.2. The normalized spacial score (nSPS) is 10.8. The van der Waals surface area contributed by atoms with E-state index in [2.05, 4.69) is 119 Å². The molecule has 358 valence electrons. The summed E-state index contributed by atoms with van der Waals surface area (Å²) in [6.45, 7) is 33.2. The van der Waals surface area contributed by atoms with E-state index in [0.29, 0.717) is 62.3 Å². The van der Waals surface area contributed by atoms with Crippen molar-refractivity contribution in [2.45, 2.75) is 0 Å². The molecule has 9 nitrogen and oxygen atoms in total. The number of para-hydroxylation sites is 6. The second kappa shape index (κ2) is 20.3. The molecular formula is C68H41N9. The molecule has 0 amide bonds. The average Bonchev–Trinajstić information content (AvgIpc) is 4.05. The monoisotopic (exact) mass is 983 g/mol. The quantitative estimate of drug-likeness (QED) is 0.121. The number of rotatable bonds is 11. The van der Waals surface area contributed by atoms with Gasteiger partial charge in [0.15, 0.2) is 11.4 Å². The second-order valence-electron chi connectivity index (χ2n) is 18.1. The van der Waals surface area contributed by atoms with Crippen molar-refractivity contribution in [2.24, 2.45) is 0 Å². The molecule has 10 aromatic carbocycles. The molecule has 0 aliphatic heterocycles. The molecule has 0 aliphatic carbocycles. The first-order valence-electron chi connectivity index (χ1n) is 24.8. The molecule has 0 atom stereocenters.